The highest BCUT2D eigenvalue weighted by Crippen LogP contribution is 2.09. The first kappa shape index (κ1) is 15.4. The molecule has 0 heterocycles. The van der Waals surface area contributed by atoms with E-state index >= 15 is 0 Å². The minimum absolute atomic E-state index is 0.196. The molecular weight excluding hydrogens is 240 g/mol. The van der Waals surface area contributed by atoms with Crippen molar-refractivity contribution in [3.63, 3.8) is 0 Å². The van der Waals surface area contributed by atoms with Crippen LogP contribution in [0, 0.1) is 0 Å². The first-order valence-electron chi connectivity index (χ1n) is 4.64. The van der Waals surface area contributed by atoms with Gasteiger partial charge in [-0.3, -0.25) is 4.79 Å². The van der Waals surface area contributed by atoms with Crippen LogP contribution in [0.3, 0.4) is 0 Å². The van der Waals surface area contributed by atoms with Gasteiger partial charge in [-0.05, 0) is 0 Å². The van der Waals surface area contributed by atoms with Crippen LogP contribution in [0.4, 0.5) is 0 Å². The third kappa shape index (κ3) is 6.78. The van der Waals surface area contributed by atoms with Crippen molar-refractivity contribution in [2.24, 2.45) is 0 Å². The first-order valence-corrected chi connectivity index (χ1v) is 4.64. The van der Waals surface area contributed by atoms with E-state index in [0.29, 0.717) is 0 Å². The molecule has 6 heteroatoms. The van der Waals surface area contributed by atoms with Gasteiger partial charge in [-0.2, -0.15) is 0 Å². The van der Waals surface area contributed by atoms with Gasteiger partial charge >= 0.3 is 17.9 Å². The molecule has 0 atom stereocenters. The van der Waals surface area contributed by atoms with E-state index in [1.165, 1.54) is 0 Å². The maximum Gasteiger partial charge on any atom is 0.336 e. The second-order valence-electron chi connectivity index (χ2n) is 2.80. The fourth-order valence-electron chi connectivity index (χ4n) is 0.700. The molecular formula is C12H12O6. The topological polar surface area (TPSA) is 78.9 Å². The van der Waals surface area contributed by atoms with Crippen molar-refractivity contribution < 1.29 is 28.6 Å². The lowest BCUT2D eigenvalue weighted by Gasteiger charge is -2.07. The number of rotatable bonds is 6. The molecule has 0 bridgehead atoms. The molecule has 0 rings (SSSR count). The van der Waals surface area contributed by atoms with Crippen LogP contribution in [-0.2, 0) is 28.6 Å². The Balaban J connectivity index is 4.28. The van der Waals surface area contributed by atoms with Crippen molar-refractivity contribution in [3.05, 3.63) is 49.7 Å². The number of carbonyl (C=O) groups is 3. The average molecular weight is 252 g/mol. The second kappa shape index (κ2) is 7.61. The van der Waals surface area contributed by atoms with Gasteiger partial charge in [-0.25, -0.2) is 9.59 Å². The molecule has 18 heavy (non-hydrogen) atoms. The zero-order chi connectivity index (χ0) is 14.1. The Morgan fingerprint density at radius 1 is 0.944 bits per heavy atom. The van der Waals surface area contributed by atoms with Gasteiger partial charge in [0.05, 0.1) is 6.26 Å². The third-order valence-electron chi connectivity index (χ3n) is 1.36. The molecule has 0 unspecified atom stereocenters. The highest BCUT2D eigenvalue weighted by Gasteiger charge is 2.09. The van der Waals surface area contributed by atoms with E-state index in [9.17, 15) is 14.4 Å². The monoisotopic (exact) mass is 252 g/mol. The van der Waals surface area contributed by atoms with E-state index in [0.717, 1.165) is 25.3 Å². The molecule has 0 saturated heterocycles. The molecule has 0 N–H and O–H groups in total. The molecule has 0 spiro atoms. The Morgan fingerprint density at radius 3 is 1.94 bits per heavy atom. The van der Waals surface area contributed by atoms with Gasteiger partial charge in [0.25, 0.3) is 0 Å². The maximum atomic E-state index is 11.2. The highest BCUT2D eigenvalue weighted by molar-refractivity contribution is 5.92. The van der Waals surface area contributed by atoms with Crippen LogP contribution in [0.5, 0.6) is 0 Å². The fraction of sp³-hybridized carbons (Fsp3) is 0.0833. The van der Waals surface area contributed by atoms with Crippen molar-refractivity contribution in [1.29, 1.82) is 0 Å². The lowest BCUT2D eigenvalue weighted by molar-refractivity contribution is -0.140. The van der Waals surface area contributed by atoms with Crippen LogP contribution in [0.25, 0.3) is 0 Å². The molecule has 0 aromatic carbocycles. The smallest absolute Gasteiger partial charge is 0.336 e. The van der Waals surface area contributed by atoms with E-state index < -0.39 is 17.9 Å². The van der Waals surface area contributed by atoms with E-state index in [2.05, 4.69) is 33.9 Å². The van der Waals surface area contributed by atoms with Gasteiger partial charge in [0.15, 0.2) is 11.5 Å². The summed E-state index contributed by atoms with van der Waals surface area (Å²) >= 11 is 0. The Bertz CT molecular complexity index is 430. The zero-order valence-electron chi connectivity index (χ0n) is 9.80. The summed E-state index contributed by atoms with van der Waals surface area (Å²) in [5, 5.41) is 0. The van der Waals surface area contributed by atoms with E-state index in [-0.39, 0.29) is 11.5 Å². The van der Waals surface area contributed by atoms with Crippen LogP contribution in [0.1, 0.15) is 6.92 Å². The highest BCUT2D eigenvalue weighted by atomic mass is 16.6. The molecule has 0 fully saturated rings. The van der Waals surface area contributed by atoms with Crippen molar-refractivity contribution in [2.75, 3.05) is 0 Å². The summed E-state index contributed by atoms with van der Waals surface area (Å²) in [4.78, 5) is 32.6. The van der Waals surface area contributed by atoms with E-state index in [1.54, 1.807) is 0 Å². The average Bonchev–Trinajstić information content (AvgIpc) is 2.25. The molecule has 0 aliphatic carbocycles. The van der Waals surface area contributed by atoms with Gasteiger partial charge in [-0.1, -0.05) is 19.7 Å². The zero-order valence-corrected chi connectivity index (χ0v) is 9.80. The number of carbonyl (C=O) groups excluding carboxylic acids is 3. The standard InChI is InChI=1S/C12H12O6/c1-5-16-11(14)6-7-12(15)18-9(3)8(2)17-10(4)13/h5-7H,1-3H2,4H3/b7-6-. The molecule has 0 aromatic heterocycles. The van der Waals surface area contributed by atoms with Crippen molar-refractivity contribution in [3.8, 4) is 0 Å². The van der Waals surface area contributed by atoms with Crippen LogP contribution < -0.4 is 0 Å². The molecule has 0 saturated carbocycles. The van der Waals surface area contributed by atoms with Gasteiger partial charge in [0, 0.05) is 19.1 Å². The van der Waals surface area contributed by atoms with Crippen molar-refractivity contribution in [2.45, 2.75) is 6.92 Å². The summed E-state index contributed by atoms with van der Waals surface area (Å²) in [5.41, 5.74) is 0. The summed E-state index contributed by atoms with van der Waals surface area (Å²) in [6.45, 7) is 11.0. The number of ether oxygens (including phenoxy) is 3. The summed E-state index contributed by atoms with van der Waals surface area (Å²) in [5.74, 6) is -2.74. The molecule has 6 nitrogen and oxygen atoms in total. The van der Waals surface area contributed by atoms with E-state index in [4.69, 9.17) is 0 Å². The maximum absolute atomic E-state index is 11.2. The predicted octanol–water partition coefficient (Wildman–Crippen LogP) is 1.36. The second-order valence-corrected chi connectivity index (χ2v) is 2.80. The number of esters is 3. The molecule has 0 radical (unpaired) electrons. The lowest BCUT2D eigenvalue weighted by Crippen LogP contribution is -2.07. The molecule has 0 amide bonds. The largest absolute Gasteiger partial charge is 0.432 e. The van der Waals surface area contributed by atoms with Crippen molar-refractivity contribution >= 4 is 17.9 Å². The van der Waals surface area contributed by atoms with Crippen LogP contribution in [0.2, 0.25) is 0 Å². The molecule has 0 aliphatic rings. The minimum Gasteiger partial charge on any atom is -0.432 e. The quantitative estimate of drug-likeness (QED) is 0.233. The number of hydrogen-bond donors (Lipinski definition) is 0. The predicted molar refractivity (Wildman–Crippen MR) is 61.6 cm³/mol. The Hall–Kier alpha value is -2.63. The number of hydrogen-bond acceptors (Lipinski definition) is 6. The Morgan fingerprint density at radius 2 is 1.44 bits per heavy atom. The Labute approximate surface area is 104 Å². The summed E-state index contributed by atoms with van der Waals surface area (Å²) in [6, 6.07) is 0. The SMILES string of the molecule is C=COC(=O)/C=C\C(=O)OC(=C)C(=C)OC(C)=O. The molecule has 0 aromatic rings. The third-order valence-corrected chi connectivity index (χ3v) is 1.36. The minimum atomic E-state index is -0.894. The van der Waals surface area contributed by atoms with Gasteiger partial charge in [0.1, 0.15) is 0 Å². The molecule has 0 aliphatic heterocycles. The normalized spacial score (nSPS) is 9.39. The van der Waals surface area contributed by atoms with Crippen molar-refractivity contribution in [1.82, 2.24) is 0 Å². The first-order chi connectivity index (χ1) is 8.36. The van der Waals surface area contributed by atoms with Gasteiger partial charge in [0.2, 0.25) is 0 Å². The van der Waals surface area contributed by atoms with Gasteiger partial charge in [-0.15, -0.1) is 0 Å². The Kier molecular flexibility index (Phi) is 6.50. The van der Waals surface area contributed by atoms with Crippen LogP contribution >= 0.6 is 0 Å². The summed E-state index contributed by atoms with van der Waals surface area (Å²) in [7, 11) is 0. The van der Waals surface area contributed by atoms with Gasteiger partial charge < -0.3 is 14.2 Å². The van der Waals surface area contributed by atoms with E-state index in [1.807, 2.05) is 0 Å². The van der Waals surface area contributed by atoms with Crippen LogP contribution in [-0.4, -0.2) is 17.9 Å². The molecule has 96 valence electrons. The summed E-state index contributed by atoms with van der Waals surface area (Å²) < 4.78 is 13.5. The lowest BCUT2D eigenvalue weighted by atomic mass is 10.4. The summed E-state index contributed by atoms with van der Waals surface area (Å²) in [6.07, 6.45) is 2.57. The van der Waals surface area contributed by atoms with Crippen LogP contribution in [0.15, 0.2) is 49.7 Å². The fourth-order valence-corrected chi connectivity index (χ4v) is 0.700.